The molecule has 0 atom stereocenters. The third-order valence-electron chi connectivity index (χ3n) is 2.02. The Labute approximate surface area is 91.2 Å². The lowest BCUT2D eigenvalue weighted by molar-refractivity contribution is 0.598. The summed E-state index contributed by atoms with van der Waals surface area (Å²) >= 11 is 0. The van der Waals surface area contributed by atoms with E-state index in [2.05, 4.69) is 10.2 Å². The fourth-order valence-electron chi connectivity index (χ4n) is 1.34. The van der Waals surface area contributed by atoms with Gasteiger partial charge >= 0.3 is 0 Å². The normalized spacial score (nSPS) is 11.6. The number of nitrogens with one attached hydrogen (secondary N) is 1. The molecule has 0 aliphatic heterocycles. The standard InChI is InChI=1S/C9H8FN3O2S/c10-7-3-1-2-6(4-7)9-8(5-12-13-9)16(11,14)15/h1-5H,(H,12,13)(H2,11,14,15). The van der Waals surface area contributed by atoms with Crippen molar-refractivity contribution in [3.05, 3.63) is 36.3 Å². The van der Waals surface area contributed by atoms with E-state index >= 15 is 0 Å². The number of halogens is 1. The van der Waals surface area contributed by atoms with Gasteiger partial charge in [0.1, 0.15) is 10.7 Å². The summed E-state index contributed by atoms with van der Waals surface area (Å²) in [6.07, 6.45) is 1.09. The number of H-pyrrole nitrogens is 1. The molecule has 1 aromatic heterocycles. The molecule has 7 heteroatoms. The number of nitrogens with zero attached hydrogens (tertiary/aromatic N) is 1. The van der Waals surface area contributed by atoms with Gasteiger partial charge in [-0.2, -0.15) is 5.10 Å². The number of aromatic amines is 1. The number of nitrogens with two attached hydrogens (primary N) is 1. The summed E-state index contributed by atoms with van der Waals surface area (Å²) in [6, 6.07) is 5.49. The van der Waals surface area contributed by atoms with Gasteiger partial charge in [0.2, 0.25) is 10.0 Å². The molecule has 2 aromatic rings. The molecule has 0 aliphatic carbocycles. The molecule has 1 aromatic carbocycles. The van der Waals surface area contributed by atoms with E-state index in [1.54, 1.807) is 6.07 Å². The molecule has 0 bridgehead atoms. The summed E-state index contributed by atoms with van der Waals surface area (Å²) < 4.78 is 35.4. The van der Waals surface area contributed by atoms with Crippen molar-refractivity contribution in [2.24, 2.45) is 5.14 Å². The van der Waals surface area contributed by atoms with Gasteiger partial charge < -0.3 is 0 Å². The van der Waals surface area contributed by atoms with Crippen molar-refractivity contribution < 1.29 is 12.8 Å². The Bertz CT molecular complexity index is 621. The van der Waals surface area contributed by atoms with Crippen LogP contribution in [-0.4, -0.2) is 18.6 Å². The van der Waals surface area contributed by atoms with Crippen molar-refractivity contribution in [2.45, 2.75) is 4.90 Å². The topological polar surface area (TPSA) is 88.8 Å². The number of primary sulfonamides is 1. The average Bonchev–Trinajstić information content (AvgIpc) is 2.65. The lowest BCUT2D eigenvalue weighted by Gasteiger charge is -2.01. The SMILES string of the molecule is NS(=O)(=O)c1cn[nH]c1-c1cccc(F)c1. The zero-order chi connectivity index (χ0) is 11.8. The predicted molar refractivity (Wildman–Crippen MR) is 55.4 cm³/mol. The lowest BCUT2D eigenvalue weighted by atomic mass is 10.1. The molecule has 2 rings (SSSR count). The number of hydrogen-bond acceptors (Lipinski definition) is 3. The second-order valence-corrected chi connectivity index (χ2v) is 4.69. The van der Waals surface area contributed by atoms with Gasteiger partial charge in [0.15, 0.2) is 0 Å². The first kappa shape index (κ1) is 10.8. The van der Waals surface area contributed by atoms with Crippen LogP contribution in [0.15, 0.2) is 35.4 Å². The maximum atomic E-state index is 13.0. The number of hydrogen-bond donors (Lipinski definition) is 2. The fraction of sp³-hybridized carbons (Fsp3) is 0. The summed E-state index contributed by atoms with van der Waals surface area (Å²) in [5.74, 6) is -0.465. The molecule has 0 unspecified atom stereocenters. The van der Waals surface area contributed by atoms with Crippen molar-refractivity contribution in [2.75, 3.05) is 0 Å². The van der Waals surface area contributed by atoms with Crippen molar-refractivity contribution in [1.82, 2.24) is 10.2 Å². The van der Waals surface area contributed by atoms with Gasteiger partial charge in [-0.25, -0.2) is 17.9 Å². The largest absolute Gasteiger partial charge is 0.276 e. The van der Waals surface area contributed by atoms with Gasteiger partial charge in [-0.15, -0.1) is 0 Å². The molecule has 0 saturated heterocycles. The molecule has 0 amide bonds. The first-order valence-corrected chi connectivity index (χ1v) is 5.85. The van der Waals surface area contributed by atoms with E-state index in [1.165, 1.54) is 18.2 Å². The lowest BCUT2D eigenvalue weighted by Crippen LogP contribution is -2.12. The number of benzene rings is 1. The van der Waals surface area contributed by atoms with Crippen LogP contribution in [-0.2, 0) is 10.0 Å². The van der Waals surface area contributed by atoms with E-state index in [4.69, 9.17) is 5.14 Å². The third-order valence-corrected chi connectivity index (χ3v) is 2.95. The Morgan fingerprint density at radius 1 is 1.38 bits per heavy atom. The van der Waals surface area contributed by atoms with E-state index in [0.717, 1.165) is 6.20 Å². The van der Waals surface area contributed by atoms with Crippen LogP contribution < -0.4 is 5.14 Å². The molecular formula is C9H8FN3O2S. The summed E-state index contributed by atoms with van der Waals surface area (Å²) in [4.78, 5) is -0.155. The van der Waals surface area contributed by atoms with Gasteiger partial charge in [0.25, 0.3) is 0 Å². The van der Waals surface area contributed by atoms with E-state index in [-0.39, 0.29) is 10.6 Å². The van der Waals surface area contributed by atoms with Crippen molar-refractivity contribution in [1.29, 1.82) is 0 Å². The van der Waals surface area contributed by atoms with Gasteiger partial charge in [-0.1, -0.05) is 12.1 Å². The summed E-state index contributed by atoms with van der Waals surface area (Å²) in [6.45, 7) is 0. The first-order chi connectivity index (χ1) is 7.48. The second-order valence-electron chi connectivity index (χ2n) is 3.16. The Morgan fingerprint density at radius 2 is 2.12 bits per heavy atom. The Balaban J connectivity index is 2.62. The zero-order valence-electron chi connectivity index (χ0n) is 8.01. The number of rotatable bonds is 2. The van der Waals surface area contributed by atoms with E-state index in [0.29, 0.717) is 5.56 Å². The van der Waals surface area contributed by atoms with Crippen molar-refractivity contribution >= 4 is 10.0 Å². The molecule has 16 heavy (non-hydrogen) atoms. The van der Waals surface area contributed by atoms with Crippen molar-refractivity contribution in [3.8, 4) is 11.3 Å². The van der Waals surface area contributed by atoms with Crippen LogP contribution in [0.3, 0.4) is 0 Å². The minimum Gasteiger partial charge on any atom is -0.276 e. The molecule has 0 saturated carbocycles. The highest BCUT2D eigenvalue weighted by Crippen LogP contribution is 2.24. The van der Waals surface area contributed by atoms with E-state index < -0.39 is 15.8 Å². The maximum absolute atomic E-state index is 13.0. The maximum Gasteiger partial charge on any atom is 0.241 e. The minimum absolute atomic E-state index is 0.155. The predicted octanol–water partition coefficient (Wildman–Crippen LogP) is 0.863. The number of aromatic nitrogens is 2. The molecule has 0 aliphatic rings. The van der Waals surface area contributed by atoms with Gasteiger partial charge in [0, 0.05) is 5.56 Å². The summed E-state index contributed by atoms with van der Waals surface area (Å²) in [7, 11) is -3.87. The van der Waals surface area contributed by atoms with Crippen molar-refractivity contribution in [3.63, 3.8) is 0 Å². The fourth-order valence-corrected chi connectivity index (χ4v) is 1.99. The second kappa shape index (κ2) is 3.69. The highest BCUT2D eigenvalue weighted by molar-refractivity contribution is 7.89. The Hall–Kier alpha value is -1.73. The van der Waals surface area contributed by atoms with E-state index in [1.807, 2.05) is 0 Å². The van der Waals surface area contributed by atoms with Gasteiger partial charge in [-0.3, -0.25) is 5.10 Å². The quantitative estimate of drug-likeness (QED) is 0.817. The smallest absolute Gasteiger partial charge is 0.241 e. The highest BCUT2D eigenvalue weighted by Gasteiger charge is 2.17. The Kier molecular flexibility index (Phi) is 2.49. The minimum atomic E-state index is -3.87. The average molecular weight is 241 g/mol. The van der Waals surface area contributed by atoms with E-state index in [9.17, 15) is 12.8 Å². The monoisotopic (exact) mass is 241 g/mol. The van der Waals surface area contributed by atoms with Crippen LogP contribution in [0.5, 0.6) is 0 Å². The van der Waals surface area contributed by atoms with Crippen LogP contribution in [0.25, 0.3) is 11.3 Å². The number of sulfonamides is 1. The van der Waals surface area contributed by atoms with Crippen LogP contribution in [0, 0.1) is 5.82 Å². The van der Waals surface area contributed by atoms with Crippen LogP contribution in [0.2, 0.25) is 0 Å². The van der Waals surface area contributed by atoms with Crippen LogP contribution >= 0.6 is 0 Å². The first-order valence-electron chi connectivity index (χ1n) is 4.30. The molecule has 0 spiro atoms. The van der Waals surface area contributed by atoms with Crippen LogP contribution in [0.1, 0.15) is 0 Å². The molecule has 3 N–H and O–H groups in total. The van der Waals surface area contributed by atoms with Gasteiger partial charge in [0.05, 0.1) is 11.9 Å². The van der Waals surface area contributed by atoms with Crippen LogP contribution in [0.4, 0.5) is 4.39 Å². The molecule has 1 heterocycles. The molecule has 5 nitrogen and oxygen atoms in total. The summed E-state index contributed by atoms with van der Waals surface area (Å²) in [5.41, 5.74) is 0.559. The van der Waals surface area contributed by atoms with Gasteiger partial charge in [-0.05, 0) is 12.1 Å². The Morgan fingerprint density at radius 3 is 2.75 bits per heavy atom. The summed E-state index contributed by atoms with van der Waals surface area (Å²) in [5, 5.41) is 11.1. The molecule has 0 fully saturated rings. The molecular weight excluding hydrogens is 233 g/mol. The third kappa shape index (κ3) is 1.95. The highest BCUT2D eigenvalue weighted by atomic mass is 32.2. The molecule has 84 valence electrons. The molecule has 0 radical (unpaired) electrons. The zero-order valence-corrected chi connectivity index (χ0v) is 8.83.